The van der Waals surface area contributed by atoms with E-state index >= 15 is 0 Å². The summed E-state index contributed by atoms with van der Waals surface area (Å²) in [6, 6.07) is 3.53. The lowest BCUT2D eigenvalue weighted by Gasteiger charge is -2.09. The molecule has 19 heavy (non-hydrogen) atoms. The van der Waals surface area contributed by atoms with E-state index in [1.807, 2.05) is 0 Å². The van der Waals surface area contributed by atoms with Gasteiger partial charge in [0.1, 0.15) is 0 Å². The van der Waals surface area contributed by atoms with Crippen LogP contribution in [0.25, 0.3) is 4.85 Å². The van der Waals surface area contributed by atoms with E-state index in [1.54, 1.807) is 0 Å². The fourth-order valence-electron chi connectivity index (χ4n) is 2.20. The molecule has 1 fully saturated rings. The minimum absolute atomic E-state index is 0.0151. The highest BCUT2D eigenvalue weighted by molar-refractivity contribution is 5.54. The summed E-state index contributed by atoms with van der Waals surface area (Å²) in [5.41, 5.74) is -0.864. The van der Waals surface area contributed by atoms with Crippen molar-refractivity contribution < 1.29 is 13.2 Å². The third-order valence-electron chi connectivity index (χ3n) is 3.20. The highest BCUT2D eigenvalue weighted by atomic mass is 19.4. The van der Waals surface area contributed by atoms with Gasteiger partial charge in [-0.25, -0.2) is 4.85 Å². The molecule has 0 heterocycles. The van der Waals surface area contributed by atoms with E-state index in [1.165, 1.54) is 12.1 Å². The van der Waals surface area contributed by atoms with Crippen molar-refractivity contribution in [3.05, 3.63) is 40.7 Å². The Morgan fingerprint density at radius 2 is 1.89 bits per heavy atom. The van der Waals surface area contributed by atoms with Crippen LogP contribution in [-0.2, 0) is 6.18 Å². The van der Waals surface area contributed by atoms with Crippen molar-refractivity contribution in [2.75, 3.05) is 0 Å². The molecule has 1 aliphatic rings. The van der Waals surface area contributed by atoms with E-state index in [9.17, 15) is 13.2 Å². The van der Waals surface area contributed by atoms with Crippen LogP contribution in [0.2, 0.25) is 0 Å². The van der Waals surface area contributed by atoms with Gasteiger partial charge < -0.3 is 0 Å². The molecule has 1 aromatic carbocycles. The Kier molecular flexibility index (Phi) is 3.81. The summed E-state index contributed by atoms with van der Waals surface area (Å²) in [5.74, 6) is 5.77. The van der Waals surface area contributed by atoms with Gasteiger partial charge in [-0.2, -0.15) is 13.2 Å². The molecule has 0 saturated heterocycles. The lowest BCUT2D eigenvalue weighted by Crippen LogP contribution is -2.07. The second-order valence-corrected chi connectivity index (χ2v) is 4.59. The molecule has 1 aromatic rings. The van der Waals surface area contributed by atoms with Gasteiger partial charge in [-0.15, -0.1) is 0 Å². The van der Waals surface area contributed by atoms with E-state index in [0.29, 0.717) is 0 Å². The number of benzene rings is 1. The van der Waals surface area contributed by atoms with Gasteiger partial charge in [0, 0.05) is 11.5 Å². The zero-order chi connectivity index (χ0) is 13.9. The average Bonchev–Trinajstić information content (AvgIpc) is 2.88. The lowest BCUT2D eigenvalue weighted by atomic mass is 10.0. The number of hydrogen-bond donors (Lipinski definition) is 0. The molecule has 0 aromatic heterocycles. The van der Waals surface area contributed by atoms with Crippen LogP contribution in [0.1, 0.15) is 36.8 Å². The Morgan fingerprint density at radius 1 is 1.21 bits per heavy atom. The summed E-state index contributed by atoms with van der Waals surface area (Å²) >= 11 is 0. The molecule has 1 nitrogen and oxygen atoms in total. The van der Waals surface area contributed by atoms with Crippen molar-refractivity contribution in [2.24, 2.45) is 5.92 Å². The van der Waals surface area contributed by atoms with Crippen LogP contribution in [0.15, 0.2) is 18.2 Å². The summed E-state index contributed by atoms with van der Waals surface area (Å²) in [4.78, 5) is 3.03. The summed E-state index contributed by atoms with van der Waals surface area (Å²) in [7, 11) is 0. The van der Waals surface area contributed by atoms with Crippen molar-refractivity contribution >= 4 is 5.69 Å². The van der Waals surface area contributed by atoms with Crippen LogP contribution in [0.5, 0.6) is 0 Å². The first-order valence-corrected chi connectivity index (χ1v) is 6.11. The summed E-state index contributed by atoms with van der Waals surface area (Å²) in [6.07, 6.45) is -0.340. The van der Waals surface area contributed by atoms with Gasteiger partial charge in [0.05, 0.1) is 12.1 Å². The van der Waals surface area contributed by atoms with Crippen LogP contribution >= 0.6 is 0 Å². The Labute approximate surface area is 110 Å². The second-order valence-electron chi connectivity index (χ2n) is 4.59. The van der Waals surface area contributed by atoms with Crippen LogP contribution in [-0.4, -0.2) is 0 Å². The zero-order valence-corrected chi connectivity index (χ0v) is 10.2. The number of halogens is 3. The molecular weight excluding hydrogens is 251 g/mol. The van der Waals surface area contributed by atoms with Crippen molar-refractivity contribution in [2.45, 2.75) is 31.9 Å². The lowest BCUT2D eigenvalue weighted by molar-refractivity contribution is -0.137. The van der Waals surface area contributed by atoms with Crippen molar-refractivity contribution in [1.29, 1.82) is 0 Å². The van der Waals surface area contributed by atoms with Crippen molar-refractivity contribution in [1.82, 2.24) is 0 Å². The largest absolute Gasteiger partial charge is 0.416 e. The number of rotatable bonds is 0. The Morgan fingerprint density at radius 3 is 2.47 bits per heavy atom. The van der Waals surface area contributed by atoms with Gasteiger partial charge in [0.2, 0.25) is 0 Å². The Hall–Kier alpha value is -1.94. The van der Waals surface area contributed by atoms with Crippen LogP contribution in [0, 0.1) is 24.3 Å². The minimum atomic E-state index is -4.47. The smallest absolute Gasteiger partial charge is 0.238 e. The maximum atomic E-state index is 12.9. The first-order chi connectivity index (χ1) is 9.00. The van der Waals surface area contributed by atoms with Gasteiger partial charge in [-0.3, -0.25) is 0 Å². The Balaban J connectivity index is 2.36. The van der Waals surface area contributed by atoms with Crippen LogP contribution in [0.3, 0.4) is 0 Å². The number of alkyl halides is 3. The predicted molar refractivity (Wildman–Crippen MR) is 66.5 cm³/mol. The van der Waals surface area contributed by atoms with Crippen LogP contribution < -0.4 is 0 Å². The predicted octanol–water partition coefficient (Wildman–Crippen LogP) is 4.80. The molecular formula is C15H12F3N. The molecule has 0 spiro atoms. The standard InChI is InChI=1S/C15H12F3N/c1-19-13-9-8-12(14(10-13)15(16,17)18)7-6-11-4-2-3-5-11/h8-11H,2-5H2. The maximum absolute atomic E-state index is 12.9. The summed E-state index contributed by atoms with van der Waals surface area (Å²) in [6.45, 7) is 6.77. The zero-order valence-electron chi connectivity index (χ0n) is 10.2. The molecule has 4 heteroatoms. The normalized spacial score (nSPS) is 15.7. The van der Waals surface area contributed by atoms with Gasteiger partial charge in [0.15, 0.2) is 5.69 Å². The number of hydrogen-bond acceptors (Lipinski definition) is 0. The Bertz CT molecular complexity index is 564. The average molecular weight is 263 g/mol. The number of nitrogens with zero attached hydrogens (tertiary/aromatic N) is 1. The molecule has 0 atom stereocenters. The minimum Gasteiger partial charge on any atom is -0.238 e. The molecule has 98 valence electrons. The van der Waals surface area contributed by atoms with Gasteiger partial charge in [-0.05, 0) is 18.9 Å². The van der Waals surface area contributed by atoms with E-state index in [-0.39, 0.29) is 17.2 Å². The molecule has 1 aliphatic carbocycles. The maximum Gasteiger partial charge on any atom is 0.416 e. The SMILES string of the molecule is [C-]#[N+]c1ccc(C#CC2CCCC2)c(C(F)(F)F)c1. The monoisotopic (exact) mass is 263 g/mol. The van der Waals surface area contributed by atoms with E-state index in [4.69, 9.17) is 6.57 Å². The fraction of sp³-hybridized carbons (Fsp3) is 0.400. The molecule has 0 aliphatic heterocycles. The van der Waals surface area contributed by atoms with Crippen molar-refractivity contribution in [3.8, 4) is 11.8 Å². The van der Waals surface area contributed by atoms with Gasteiger partial charge in [-0.1, -0.05) is 36.8 Å². The van der Waals surface area contributed by atoms with Gasteiger partial charge in [0.25, 0.3) is 0 Å². The molecule has 0 radical (unpaired) electrons. The highest BCUT2D eigenvalue weighted by Gasteiger charge is 2.33. The van der Waals surface area contributed by atoms with Crippen LogP contribution in [0.4, 0.5) is 18.9 Å². The fourth-order valence-corrected chi connectivity index (χ4v) is 2.20. The molecule has 1 saturated carbocycles. The molecule has 0 amide bonds. The molecule has 2 rings (SSSR count). The topological polar surface area (TPSA) is 4.36 Å². The third-order valence-corrected chi connectivity index (χ3v) is 3.20. The van der Waals surface area contributed by atoms with Gasteiger partial charge >= 0.3 is 6.18 Å². The van der Waals surface area contributed by atoms with E-state index in [0.717, 1.165) is 31.7 Å². The summed E-state index contributed by atoms with van der Waals surface area (Å²) < 4.78 is 38.7. The van der Waals surface area contributed by atoms with E-state index < -0.39 is 11.7 Å². The highest BCUT2D eigenvalue weighted by Crippen LogP contribution is 2.34. The van der Waals surface area contributed by atoms with E-state index in [2.05, 4.69) is 16.7 Å². The summed E-state index contributed by atoms with van der Waals surface area (Å²) in [5, 5.41) is 0. The quantitative estimate of drug-likeness (QED) is 0.468. The third kappa shape index (κ3) is 3.29. The first-order valence-electron chi connectivity index (χ1n) is 6.11. The van der Waals surface area contributed by atoms with Crippen molar-refractivity contribution in [3.63, 3.8) is 0 Å². The second kappa shape index (κ2) is 5.36. The molecule has 0 unspecified atom stereocenters. The molecule has 0 bridgehead atoms. The first kappa shape index (κ1) is 13.5. The molecule has 0 N–H and O–H groups in total.